The Morgan fingerprint density at radius 2 is 1.75 bits per heavy atom. The van der Waals surface area contributed by atoms with Crippen molar-refractivity contribution in [2.75, 3.05) is 10.6 Å². The van der Waals surface area contributed by atoms with Gasteiger partial charge in [-0.3, -0.25) is 4.79 Å². The molecule has 2 aromatic heterocycles. The number of hydrogen-bond acceptors (Lipinski definition) is 4. The van der Waals surface area contributed by atoms with E-state index >= 15 is 0 Å². The molecule has 4 aromatic rings. The number of hydrogen-bond donors (Lipinski definition) is 2. The van der Waals surface area contributed by atoms with Gasteiger partial charge in [-0.2, -0.15) is 0 Å². The van der Waals surface area contributed by atoms with Crippen LogP contribution in [-0.2, 0) is 0 Å². The molecule has 2 heterocycles. The first kappa shape index (κ1) is 17.9. The van der Waals surface area contributed by atoms with Crippen molar-refractivity contribution in [1.82, 2.24) is 9.97 Å². The maximum Gasteiger partial charge on any atom is 0.259 e. The molecule has 28 heavy (non-hydrogen) atoms. The molecule has 2 N–H and O–H groups in total. The summed E-state index contributed by atoms with van der Waals surface area (Å²) in [4.78, 5) is 21.4. The Labute approximate surface area is 167 Å². The maximum absolute atomic E-state index is 12.8. The van der Waals surface area contributed by atoms with Crippen LogP contribution in [0.3, 0.4) is 0 Å². The number of rotatable bonds is 4. The van der Waals surface area contributed by atoms with Crippen LogP contribution in [0, 0.1) is 6.92 Å². The predicted octanol–water partition coefficient (Wildman–Crippen LogP) is 5.59. The highest BCUT2D eigenvalue weighted by molar-refractivity contribution is 6.31. The summed E-state index contributed by atoms with van der Waals surface area (Å²) in [5.41, 5.74) is 2.32. The average Bonchev–Trinajstić information content (AvgIpc) is 2.71. The van der Waals surface area contributed by atoms with E-state index in [1.165, 1.54) is 0 Å². The molecule has 5 nitrogen and oxygen atoms in total. The Bertz CT molecular complexity index is 1160. The van der Waals surface area contributed by atoms with E-state index < -0.39 is 0 Å². The monoisotopic (exact) mass is 388 g/mol. The summed E-state index contributed by atoms with van der Waals surface area (Å²) in [6, 6.07) is 18.7. The third-order valence-electron chi connectivity index (χ3n) is 4.38. The molecular weight excluding hydrogens is 372 g/mol. The molecule has 0 spiro atoms. The highest BCUT2D eigenvalue weighted by Crippen LogP contribution is 2.29. The second-order valence-electron chi connectivity index (χ2n) is 6.32. The first-order valence-electron chi connectivity index (χ1n) is 8.75. The minimum Gasteiger partial charge on any atom is -0.340 e. The Morgan fingerprint density at radius 3 is 2.50 bits per heavy atom. The zero-order chi connectivity index (χ0) is 19.5. The summed E-state index contributed by atoms with van der Waals surface area (Å²) in [5.74, 6) is 0.894. The summed E-state index contributed by atoms with van der Waals surface area (Å²) in [6.07, 6.45) is 3.20. The van der Waals surface area contributed by atoms with Crippen LogP contribution in [0.4, 0.5) is 17.3 Å². The number of nitrogens with one attached hydrogen (secondary N) is 2. The largest absolute Gasteiger partial charge is 0.340 e. The van der Waals surface area contributed by atoms with E-state index in [0.717, 1.165) is 22.0 Å². The van der Waals surface area contributed by atoms with E-state index in [1.54, 1.807) is 24.5 Å². The number of carbonyl (C=O) groups is 1. The predicted molar refractivity (Wildman–Crippen MR) is 113 cm³/mol. The van der Waals surface area contributed by atoms with E-state index in [9.17, 15) is 4.79 Å². The summed E-state index contributed by atoms with van der Waals surface area (Å²) in [5, 5.41) is 8.42. The Morgan fingerprint density at radius 1 is 0.964 bits per heavy atom. The minimum atomic E-state index is -0.257. The highest BCUT2D eigenvalue weighted by Gasteiger charge is 2.14. The number of amides is 1. The molecule has 0 saturated carbocycles. The van der Waals surface area contributed by atoms with E-state index in [-0.39, 0.29) is 5.91 Å². The van der Waals surface area contributed by atoms with Gasteiger partial charge in [-0.15, -0.1) is 0 Å². The molecule has 0 fully saturated rings. The smallest absolute Gasteiger partial charge is 0.259 e. The van der Waals surface area contributed by atoms with Crippen LogP contribution in [0.15, 0.2) is 73.1 Å². The maximum atomic E-state index is 12.8. The van der Waals surface area contributed by atoms with Gasteiger partial charge in [0.2, 0.25) is 0 Å². The van der Waals surface area contributed by atoms with Crippen LogP contribution < -0.4 is 10.6 Å². The molecule has 0 bridgehead atoms. The van der Waals surface area contributed by atoms with Crippen LogP contribution in [0.1, 0.15) is 15.9 Å². The first-order chi connectivity index (χ1) is 13.6. The molecule has 0 aliphatic carbocycles. The molecular formula is C22H17ClN4O. The SMILES string of the molecule is Cc1ccc(Nc2ncc(C(=O)Nc3ccccn3)c3ccccc23)cc1Cl. The number of fused-ring (bicyclic) bond motifs is 1. The fourth-order valence-corrected chi connectivity index (χ4v) is 3.08. The number of benzene rings is 2. The molecule has 0 atom stereocenters. The summed E-state index contributed by atoms with van der Waals surface area (Å²) in [6.45, 7) is 1.95. The fraction of sp³-hybridized carbons (Fsp3) is 0.0455. The van der Waals surface area contributed by atoms with Crippen LogP contribution in [0.2, 0.25) is 5.02 Å². The van der Waals surface area contributed by atoms with Crippen LogP contribution in [-0.4, -0.2) is 15.9 Å². The van der Waals surface area contributed by atoms with E-state index in [4.69, 9.17) is 11.6 Å². The van der Waals surface area contributed by atoms with Gasteiger partial charge in [0.05, 0.1) is 5.56 Å². The van der Waals surface area contributed by atoms with Gasteiger partial charge in [-0.05, 0) is 42.1 Å². The van der Waals surface area contributed by atoms with Crippen molar-refractivity contribution in [3.05, 3.63) is 89.2 Å². The van der Waals surface area contributed by atoms with Crippen LogP contribution >= 0.6 is 11.6 Å². The molecule has 6 heteroatoms. The lowest BCUT2D eigenvalue weighted by molar-refractivity contribution is 0.102. The quantitative estimate of drug-likeness (QED) is 0.478. The zero-order valence-corrected chi connectivity index (χ0v) is 15.9. The van der Waals surface area contributed by atoms with Gasteiger partial charge < -0.3 is 10.6 Å². The number of halogens is 1. The number of aryl methyl sites for hydroxylation is 1. The van der Waals surface area contributed by atoms with Gasteiger partial charge in [0.25, 0.3) is 5.91 Å². The standard InChI is InChI=1S/C22H17ClN4O/c1-14-9-10-15(12-19(14)23)26-21-17-7-3-2-6-16(17)18(13-25-21)22(28)27-20-8-4-5-11-24-20/h2-13H,1H3,(H,25,26)(H,24,27,28). The Hall–Kier alpha value is -3.44. The summed E-state index contributed by atoms with van der Waals surface area (Å²) in [7, 11) is 0. The molecule has 0 radical (unpaired) electrons. The average molecular weight is 389 g/mol. The van der Waals surface area contributed by atoms with Crippen molar-refractivity contribution in [2.24, 2.45) is 0 Å². The Balaban J connectivity index is 1.70. The van der Waals surface area contributed by atoms with Crippen molar-refractivity contribution < 1.29 is 4.79 Å². The number of pyridine rings is 2. The molecule has 1 amide bonds. The van der Waals surface area contributed by atoms with Gasteiger partial charge >= 0.3 is 0 Å². The first-order valence-corrected chi connectivity index (χ1v) is 9.13. The van der Waals surface area contributed by atoms with Gasteiger partial charge in [-0.25, -0.2) is 9.97 Å². The van der Waals surface area contributed by atoms with Crippen LogP contribution in [0.25, 0.3) is 10.8 Å². The minimum absolute atomic E-state index is 0.257. The third kappa shape index (κ3) is 3.66. The fourth-order valence-electron chi connectivity index (χ4n) is 2.90. The number of aromatic nitrogens is 2. The van der Waals surface area contributed by atoms with E-state index in [0.29, 0.717) is 22.2 Å². The van der Waals surface area contributed by atoms with Gasteiger partial charge in [0.1, 0.15) is 11.6 Å². The molecule has 0 aliphatic heterocycles. The number of carbonyl (C=O) groups excluding carboxylic acids is 1. The van der Waals surface area contributed by atoms with Crippen molar-refractivity contribution in [1.29, 1.82) is 0 Å². The topological polar surface area (TPSA) is 66.9 Å². The van der Waals surface area contributed by atoms with Crippen molar-refractivity contribution in [3.63, 3.8) is 0 Å². The number of anilines is 3. The lowest BCUT2D eigenvalue weighted by Crippen LogP contribution is -2.14. The van der Waals surface area contributed by atoms with Crippen LogP contribution in [0.5, 0.6) is 0 Å². The van der Waals surface area contributed by atoms with E-state index in [1.807, 2.05) is 55.5 Å². The number of nitrogens with zero attached hydrogens (tertiary/aromatic N) is 2. The zero-order valence-electron chi connectivity index (χ0n) is 15.1. The lowest BCUT2D eigenvalue weighted by atomic mass is 10.1. The normalized spacial score (nSPS) is 10.6. The third-order valence-corrected chi connectivity index (χ3v) is 4.79. The van der Waals surface area contributed by atoms with Crippen molar-refractivity contribution in [3.8, 4) is 0 Å². The van der Waals surface area contributed by atoms with Crippen molar-refractivity contribution >= 4 is 45.6 Å². The summed E-state index contributed by atoms with van der Waals surface area (Å²) < 4.78 is 0. The molecule has 138 valence electrons. The Kier molecular flexibility index (Phi) is 4.91. The summed E-state index contributed by atoms with van der Waals surface area (Å²) >= 11 is 6.22. The second-order valence-corrected chi connectivity index (χ2v) is 6.73. The van der Waals surface area contributed by atoms with Gasteiger partial charge in [-0.1, -0.05) is 48.0 Å². The molecule has 0 saturated heterocycles. The molecule has 0 unspecified atom stereocenters. The highest BCUT2D eigenvalue weighted by atomic mass is 35.5. The molecule has 0 aliphatic rings. The lowest BCUT2D eigenvalue weighted by Gasteiger charge is -2.13. The second kappa shape index (κ2) is 7.66. The van der Waals surface area contributed by atoms with Crippen molar-refractivity contribution in [2.45, 2.75) is 6.92 Å². The van der Waals surface area contributed by atoms with E-state index in [2.05, 4.69) is 20.6 Å². The van der Waals surface area contributed by atoms with Gasteiger partial charge in [0, 0.05) is 28.5 Å². The molecule has 2 aromatic carbocycles. The van der Waals surface area contributed by atoms with Gasteiger partial charge in [0.15, 0.2) is 0 Å². The molecule has 4 rings (SSSR count).